The topological polar surface area (TPSA) is 95.0 Å². The zero-order valence-electron chi connectivity index (χ0n) is 12.5. The molecule has 2 aromatic rings. The Morgan fingerprint density at radius 3 is 2.16 bits per heavy atom. The molecular weight excluding hydrogens is 355 g/mol. The molecule has 3 rings (SSSR count). The van der Waals surface area contributed by atoms with Crippen LogP contribution in [0, 0.1) is 0 Å². The Morgan fingerprint density at radius 2 is 1.52 bits per heavy atom. The molecule has 2 aromatic carbocycles. The quantitative estimate of drug-likeness (QED) is 0.492. The molecule has 2 amide bonds. The first-order chi connectivity index (χ1) is 11.4. The average molecular weight is 370 g/mol. The van der Waals surface area contributed by atoms with Crippen molar-refractivity contribution < 1.29 is 22.6 Å². The van der Waals surface area contributed by atoms with Crippen molar-refractivity contribution >= 4 is 57.2 Å². The summed E-state index contributed by atoms with van der Waals surface area (Å²) in [4.78, 5) is 24.1. The van der Waals surface area contributed by atoms with Gasteiger partial charge in [0.2, 0.25) is 0 Å². The number of nitrogens with zero attached hydrogens (tertiary/aromatic N) is 2. The van der Waals surface area contributed by atoms with Crippen molar-refractivity contribution in [2.75, 3.05) is 5.01 Å². The van der Waals surface area contributed by atoms with Crippen LogP contribution in [0.5, 0.6) is 0 Å². The molecule has 0 saturated carbocycles. The summed E-state index contributed by atoms with van der Waals surface area (Å²) in [7, 11) is -4.43. The van der Waals surface area contributed by atoms with E-state index in [1.807, 2.05) is 0 Å². The van der Waals surface area contributed by atoms with Crippen LogP contribution in [0.4, 0.5) is 5.69 Å². The second-order valence-corrected chi connectivity index (χ2v) is 6.64. The molecule has 0 bridgehead atoms. The van der Waals surface area contributed by atoms with E-state index in [1.165, 1.54) is 28.2 Å². The van der Waals surface area contributed by atoms with E-state index >= 15 is 0 Å². The maximum absolute atomic E-state index is 12.2. The molecule has 1 heterocycles. The van der Waals surface area contributed by atoms with Gasteiger partial charge in [-0.15, -0.1) is 0 Å². The molecule has 1 saturated heterocycles. The summed E-state index contributed by atoms with van der Waals surface area (Å²) in [5.74, 6) is -0.829. The molecule has 0 atom stereocenters. The molecule has 1 N–H and O–H groups in total. The molecule has 9 heteroatoms. The van der Waals surface area contributed by atoms with Gasteiger partial charge < -0.3 is 0 Å². The number of hydrogen-bond acceptors (Lipinski definition) is 4. The third-order valence-corrected chi connectivity index (χ3v) is 4.59. The van der Waals surface area contributed by atoms with Gasteiger partial charge in [-0.25, -0.2) is 10.0 Å². The average Bonchev–Trinajstić information content (AvgIpc) is 2.81. The molecule has 1 aliphatic rings. The molecule has 0 spiro atoms. The molecule has 0 aliphatic carbocycles. The number of para-hydroxylation sites is 1. The fourth-order valence-electron chi connectivity index (χ4n) is 2.60. The fourth-order valence-corrected chi connectivity index (χ4v) is 3.32. The van der Waals surface area contributed by atoms with Gasteiger partial charge in [-0.1, -0.05) is 36.4 Å². The minimum atomic E-state index is -4.43. The first-order valence-corrected chi connectivity index (χ1v) is 8.55. The molecule has 0 aromatic heterocycles. The molecule has 0 radical (unpaired) electrons. The Kier molecular flexibility index (Phi) is 6.02. The number of carbonyl (C=O) groups excluding carboxylic acids is 2. The second kappa shape index (κ2) is 7.67. The monoisotopic (exact) mass is 370 g/mol. The number of hydrogen-bond donors (Lipinski definition) is 1. The van der Waals surface area contributed by atoms with Crippen molar-refractivity contribution in [2.24, 2.45) is 0 Å². The number of amides is 2. The molecule has 7 nitrogen and oxygen atoms in total. The zero-order chi connectivity index (χ0) is 17.3. The summed E-state index contributed by atoms with van der Waals surface area (Å²) in [6, 6.07) is 14.4. The van der Waals surface area contributed by atoms with E-state index in [9.17, 15) is 22.6 Å². The van der Waals surface area contributed by atoms with E-state index < -0.39 is 21.9 Å². The maximum atomic E-state index is 12.2. The summed E-state index contributed by atoms with van der Waals surface area (Å²) in [6.07, 6.45) is -0.289. The number of rotatable bonds is 4. The minimum absolute atomic E-state index is 0. The number of anilines is 1. The summed E-state index contributed by atoms with van der Waals surface area (Å²) in [5.41, 5.74) is 0.738. The number of carbonyl (C=O) groups is 2. The Morgan fingerprint density at radius 1 is 0.920 bits per heavy atom. The van der Waals surface area contributed by atoms with Gasteiger partial charge >= 0.3 is 29.6 Å². The van der Waals surface area contributed by atoms with E-state index in [0.717, 1.165) is 0 Å². The molecule has 1 aliphatic heterocycles. The van der Waals surface area contributed by atoms with Gasteiger partial charge in [-0.2, -0.15) is 8.42 Å². The van der Waals surface area contributed by atoms with Crippen molar-refractivity contribution in [2.45, 2.75) is 17.9 Å². The predicted octanol–water partition coefficient (Wildman–Crippen LogP) is 0.965. The number of benzene rings is 2. The number of hydrazine groups is 1. The molecule has 126 valence electrons. The standard InChI is InChI=1S/C16H14N2O5S.Na.H/c19-15-10-16(20)18(13-7-2-1-3-8-13)17(15)11-12-6-4-5-9-14(12)24(21,22)23;;/h1-9H,10-11H2,(H,21,22,23);;. The van der Waals surface area contributed by atoms with Crippen molar-refractivity contribution in [1.29, 1.82) is 0 Å². The summed E-state index contributed by atoms with van der Waals surface area (Å²) < 4.78 is 32.3. The van der Waals surface area contributed by atoms with Gasteiger partial charge in [0.05, 0.1) is 17.1 Å². The van der Waals surface area contributed by atoms with Gasteiger partial charge in [0.25, 0.3) is 21.9 Å². The van der Waals surface area contributed by atoms with E-state index in [0.29, 0.717) is 5.69 Å². The van der Waals surface area contributed by atoms with E-state index in [2.05, 4.69) is 0 Å². The van der Waals surface area contributed by atoms with Crippen LogP contribution < -0.4 is 5.01 Å². The van der Waals surface area contributed by atoms with Crippen molar-refractivity contribution in [3.8, 4) is 0 Å². The Balaban J connectivity index is 0.00000225. The summed E-state index contributed by atoms with van der Waals surface area (Å²) in [5, 5.41) is 2.41. The summed E-state index contributed by atoms with van der Waals surface area (Å²) in [6.45, 7) is -0.143. The third kappa shape index (κ3) is 4.10. The predicted molar refractivity (Wildman–Crippen MR) is 92.5 cm³/mol. The van der Waals surface area contributed by atoms with Crippen molar-refractivity contribution in [3.05, 3.63) is 60.2 Å². The van der Waals surface area contributed by atoms with Crippen LogP contribution in [-0.2, 0) is 26.3 Å². The molecular formula is C16H15N2NaO5S. The van der Waals surface area contributed by atoms with E-state index in [-0.39, 0.29) is 53.0 Å². The van der Waals surface area contributed by atoms with Crippen LogP contribution in [0.3, 0.4) is 0 Å². The second-order valence-electron chi connectivity index (χ2n) is 5.25. The molecule has 1 fully saturated rings. The van der Waals surface area contributed by atoms with Crippen molar-refractivity contribution in [1.82, 2.24) is 5.01 Å². The Bertz CT molecular complexity index is 902. The van der Waals surface area contributed by atoms with Crippen LogP contribution in [0.15, 0.2) is 59.5 Å². The van der Waals surface area contributed by atoms with Crippen LogP contribution in [0.1, 0.15) is 12.0 Å². The Hall–Kier alpha value is -1.71. The van der Waals surface area contributed by atoms with Gasteiger partial charge in [0.15, 0.2) is 0 Å². The van der Waals surface area contributed by atoms with Gasteiger partial charge in [0, 0.05) is 0 Å². The first kappa shape index (κ1) is 19.6. The fraction of sp³-hybridized carbons (Fsp3) is 0.125. The zero-order valence-corrected chi connectivity index (χ0v) is 13.3. The molecule has 0 unspecified atom stereocenters. The van der Waals surface area contributed by atoms with E-state index in [1.54, 1.807) is 36.4 Å². The third-order valence-electron chi connectivity index (χ3n) is 3.64. The first-order valence-electron chi connectivity index (χ1n) is 7.11. The van der Waals surface area contributed by atoms with Crippen molar-refractivity contribution in [3.63, 3.8) is 0 Å². The normalized spacial score (nSPS) is 14.6. The van der Waals surface area contributed by atoms with Gasteiger partial charge in [0.1, 0.15) is 6.42 Å². The van der Waals surface area contributed by atoms with Gasteiger partial charge in [-0.3, -0.25) is 14.1 Å². The molecule has 25 heavy (non-hydrogen) atoms. The van der Waals surface area contributed by atoms with Gasteiger partial charge in [-0.05, 0) is 23.8 Å². The SMILES string of the molecule is O=C1CC(=O)N(c2ccccc2)N1Cc1ccccc1S(=O)(=O)O.[NaH]. The van der Waals surface area contributed by atoms with E-state index in [4.69, 9.17) is 0 Å². The van der Waals surface area contributed by atoms with Crippen LogP contribution in [0.25, 0.3) is 0 Å². The van der Waals surface area contributed by atoms with Crippen LogP contribution >= 0.6 is 0 Å². The van der Waals surface area contributed by atoms with Crippen LogP contribution in [0.2, 0.25) is 0 Å². The summed E-state index contributed by atoms with van der Waals surface area (Å²) >= 11 is 0. The Labute approximate surface area is 167 Å². The van der Waals surface area contributed by atoms with Crippen LogP contribution in [-0.4, -0.2) is 59.4 Å².